The molecule has 1 aliphatic rings. The van der Waals surface area contributed by atoms with Gasteiger partial charge in [0.05, 0.1) is 4.92 Å². The molecule has 1 aliphatic heterocycles. The van der Waals surface area contributed by atoms with E-state index in [4.69, 9.17) is 0 Å². The number of aryl methyl sites for hydroxylation is 1. The predicted molar refractivity (Wildman–Crippen MR) is 93.5 cm³/mol. The van der Waals surface area contributed by atoms with Gasteiger partial charge in [-0.2, -0.15) is 0 Å². The second kappa shape index (κ2) is 6.96. The number of nitro groups is 1. The number of carbonyl (C=O) groups excluding carboxylic acids is 1. The molecule has 1 N–H and O–H groups in total. The summed E-state index contributed by atoms with van der Waals surface area (Å²) in [7, 11) is 0. The first-order valence-corrected chi connectivity index (χ1v) is 8.64. The monoisotopic (exact) mass is 346 g/mol. The number of rotatable bonds is 4. The van der Waals surface area contributed by atoms with E-state index in [1.165, 1.54) is 17.4 Å². The Kier molecular flexibility index (Phi) is 4.75. The highest BCUT2D eigenvalue weighted by atomic mass is 32.1. The highest BCUT2D eigenvalue weighted by Crippen LogP contribution is 2.36. The number of hydrogen-bond acceptors (Lipinski definition) is 6. The Morgan fingerprint density at radius 2 is 2.12 bits per heavy atom. The summed E-state index contributed by atoms with van der Waals surface area (Å²) < 4.78 is 0. The highest BCUT2D eigenvalue weighted by Gasteiger charge is 2.29. The second-order valence-electron chi connectivity index (χ2n) is 5.78. The van der Waals surface area contributed by atoms with E-state index < -0.39 is 0 Å². The lowest BCUT2D eigenvalue weighted by atomic mass is 9.96. The molecule has 126 valence electrons. The molecule has 1 saturated heterocycles. The zero-order valence-electron chi connectivity index (χ0n) is 13.3. The maximum Gasteiger partial charge on any atom is 0.303 e. The Bertz CT molecular complexity index is 753. The molecule has 3 rings (SSSR count). The molecule has 24 heavy (non-hydrogen) atoms. The summed E-state index contributed by atoms with van der Waals surface area (Å²) in [5, 5.41) is 16.3. The van der Waals surface area contributed by atoms with Crippen molar-refractivity contribution in [1.82, 2.24) is 4.98 Å². The van der Waals surface area contributed by atoms with Crippen LogP contribution in [0, 0.1) is 23.0 Å². The fourth-order valence-electron chi connectivity index (χ4n) is 2.86. The van der Waals surface area contributed by atoms with E-state index in [1.807, 2.05) is 24.0 Å². The summed E-state index contributed by atoms with van der Waals surface area (Å²) in [5.41, 5.74) is 1.000. The number of aromatic nitrogens is 1. The van der Waals surface area contributed by atoms with Gasteiger partial charge in [0.1, 0.15) is 5.82 Å². The Morgan fingerprint density at radius 3 is 2.79 bits per heavy atom. The normalized spacial score (nSPS) is 15.3. The van der Waals surface area contributed by atoms with Crippen LogP contribution in [0.4, 0.5) is 16.5 Å². The van der Waals surface area contributed by atoms with Crippen LogP contribution in [0.25, 0.3) is 0 Å². The Hall–Kier alpha value is -2.48. The Balaban J connectivity index is 1.59. The van der Waals surface area contributed by atoms with Gasteiger partial charge in [0.25, 0.3) is 0 Å². The fourth-order valence-corrected chi connectivity index (χ4v) is 3.78. The highest BCUT2D eigenvalue weighted by molar-refractivity contribution is 7.14. The van der Waals surface area contributed by atoms with Crippen LogP contribution in [0.3, 0.4) is 0 Å². The van der Waals surface area contributed by atoms with Gasteiger partial charge in [-0.3, -0.25) is 14.9 Å². The van der Waals surface area contributed by atoms with E-state index in [9.17, 15) is 14.9 Å². The van der Waals surface area contributed by atoms with Crippen LogP contribution < -0.4 is 10.2 Å². The molecule has 0 bridgehead atoms. The van der Waals surface area contributed by atoms with Crippen LogP contribution in [0.2, 0.25) is 0 Å². The van der Waals surface area contributed by atoms with E-state index in [1.54, 1.807) is 11.4 Å². The summed E-state index contributed by atoms with van der Waals surface area (Å²) in [6.07, 6.45) is 1.35. The third kappa shape index (κ3) is 3.53. The molecule has 8 heteroatoms. The fraction of sp³-hybridized carbons (Fsp3) is 0.375. The summed E-state index contributed by atoms with van der Waals surface area (Å²) in [6.45, 7) is 3.16. The van der Waals surface area contributed by atoms with Crippen molar-refractivity contribution in [2.45, 2.75) is 19.8 Å². The lowest BCUT2D eigenvalue weighted by Gasteiger charge is -2.31. The SMILES string of the molecule is Cc1cccc(NC(=O)C2CCN(c3sccc3[N+](=O)[O-])CC2)n1. The molecule has 0 radical (unpaired) electrons. The average molecular weight is 346 g/mol. The smallest absolute Gasteiger partial charge is 0.303 e. The number of thiophene rings is 1. The van der Waals surface area contributed by atoms with Gasteiger partial charge in [-0.05, 0) is 37.3 Å². The molecule has 7 nitrogen and oxygen atoms in total. The first kappa shape index (κ1) is 16.4. The Morgan fingerprint density at radius 1 is 1.38 bits per heavy atom. The van der Waals surface area contributed by atoms with Crippen molar-refractivity contribution < 1.29 is 9.72 Å². The van der Waals surface area contributed by atoms with E-state index in [0.29, 0.717) is 36.8 Å². The van der Waals surface area contributed by atoms with E-state index >= 15 is 0 Å². The van der Waals surface area contributed by atoms with Gasteiger partial charge in [0.2, 0.25) is 5.91 Å². The third-order valence-electron chi connectivity index (χ3n) is 4.11. The van der Waals surface area contributed by atoms with Crippen molar-refractivity contribution in [3.05, 3.63) is 45.5 Å². The minimum atomic E-state index is -0.353. The number of amides is 1. The lowest BCUT2D eigenvalue weighted by Crippen LogP contribution is -2.38. The topological polar surface area (TPSA) is 88.4 Å². The summed E-state index contributed by atoms with van der Waals surface area (Å²) in [6, 6.07) is 7.04. The van der Waals surface area contributed by atoms with Gasteiger partial charge in [0, 0.05) is 30.8 Å². The molecule has 3 heterocycles. The maximum absolute atomic E-state index is 12.4. The van der Waals surface area contributed by atoms with Crippen molar-refractivity contribution in [3.63, 3.8) is 0 Å². The van der Waals surface area contributed by atoms with E-state index in [0.717, 1.165) is 5.69 Å². The number of anilines is 2. The number of pyridine rings is 1. The van der Waals surface area contributed by atoms with Crippen LogP contribution in [-0.4, -0.2) is 28.9 Å². The van der Waals surface area contributed by atoms with Crippen molar-refractivity contribution in [2.75, 3.05) is 23.3 Å². The molecule has 2 aromatic rings. The van der Waals surface area contributed by atoms with Crippen molar-refractivity contribution >= 4 is 33.8 Å². The van der Waals surface area contributed by atoms with Gasteiger partial charge >= 0.3 is 5.69 Å². The van der Waals surface area contributed by atoms with Crippen molar-refractivity contribution in [1.29, 1.82) is 0 Å². The molecule has 0 aromatic carbocycles. The quantitative estimate of drug-likeness (QED) is 0.678. The first-order chi connectivity index (χ1) is 11.5. The number of nitrogens with one attached hydrogen (secondary N) is 1. The van der Waals surface area contributed by atoms with E-state index in [-0.39, 0.29) is 22.4 Å². The van der Waals surface area contributed by atoms with Crippen LogP contribution in [0.1, 0.15) is 18.5 Å². The van der Waals surface area contributed by atoms with Gasteiger partial charge in [0.15, 0.2) is 5.00 Å². The molecule has 0 spiro atoms. The molecule has 0 unspecified atom stereocenters. The average Bonchev–Trinajstić information content (AvgIpc) is 3.05. The first-order valence-electron chi connectivity index (χ1n) is 7.76. The number of nitrogens with zero attached hydrogens (tertiary/aromatic N) is 3. The Labute approximate surface area is 143 Å². The van der Waals surface area contributed by atoms with Crippen molar-refractivity contribution in [3.8, 4) is 0 Å². The molecule has 0 saturated carbocycles. The van der Waals surface area contributed by atoms with Crippen molar-refractivity contribution in [2.24, 2.45) is 5.92 Å². The minimum Gasteiger partial charge on any atom is -0.358 e. The molecule has 0 atom stereocenters. The van der Waals surface area contributed by atoms with Crippen LogP contribution in [0.15, 0.2) is 29.6 Å². The second-order valence-corrected chi connectivity index (χ2v) is 6.68. The molecule has 2 aromatic heterocycles. The van der Waals surface area contributed by atoms with Gasteiger partial charge in [-0.1, -0.05) is 6.07 Å². The predicted octanol–water partition coefficient (Wildman–Crippen LogP) is 3.21. The summed E-state index contributed by atoms with van der Waals surface area (Å²) in [4.78, 5) is 29.3. The molecule has 1 fully saturated rings. The van der Waals surface area contributed by atoms with Gasteiger partial charge in [-0.15, -0.1) is 11.3 Å². The third-order valence-corrected chi connectivity index (χ3v) is 5.08. The molecule has 1 amide bonds. The van der Waals surface area contributed by atoms with Crippen LogP contribution in [-0.2, 0) is 4.79 Å². The standard InChI is InChI=1S/C16H18N4O3S/c1-11-3-2-4-14(17-11)18-15(21)12-5-8-19(9-6-12)16-13(20(22)23)7-10-24-16/h2-4,7,10,12H,5-6,8-9H2,1H3,(H,17,18,21). The van der Waals surface area contributed by atoms with Crippen LogP contribution in [0.5, 0.6) is 0 Å². The summed E-state index contributed by atoms with van der Waals surface area (Å²) in [5.74, 6) is 0.437. The molecular formula is C16H18N4O3S. The largest absolute Gasteiger partial charge is 0.358 e. The van der Waals surface area contributed by atoms with E-state index in [2.05, 4.69) is 10.3 Å². The molecular weight excluding hydrogens is 328 g/mol. The summed E-state index contributed by atoms with van der Waals surface area (Å²) >= 11 is 1.37. The number of carbonyl (C=O) groups is 1. The van der Waals surface area contributed by atoms with Gasteiger partial charge < -0.3 is 10.2 Å². The lowest BCUT2D eigenvalue weighted by molar-refractivity contribution is -0.383. The maximum atomic E-state index is 12.4. The zero-order valence-corrected chi connectivity index (χ0v) is 14.1. The van der Waals surface area contributed by atoms with Crippen LogP contribution >= 0.6 is 11.3 Å². The zero-order chi connectivity index (χ0) is 17.1. The number of piperidine rings is 1. The number of hydrogen-bond donors (Lipinski definition) is 1. The van der Waals surface area contributed by atoms with Gasteiger partial charge in [-0.25, -0.2) is 4.98 Å². The molecule has 0 aliphatic carbocycles. The minimum absolute atomic E-state index is 0.0339.